The standard InChI is InChI=1S/C20H23F2N3O3.2C20H23F2N3O2.2C19H21F2N3O2.CH4/c21-15-7-6-11(10-26)8-13(15)17-16(22)9-14-18(23-17)24-20(28)25(19(14)27)12-4-2-1-3-5-12;2*1-11-7-8-15(21)13(9-11)17-16(22)10-14-18(23-17)24-20(27)25(19(14)26)12-5-3-2-4-6-12;2*20-12-6-4-5-11(9-12)16-15(21)10-14-17(22-16)23-19(26)24(18(14)25)13-7-2-1-3-8-13;/h6-8,12,16-17,23,26H,1-5,9-10H2,(H,24,28);2*7-9,12,16-17,23H,2-6,10H2,1H3,(H,24,27);2*4-6,9,13,15-16,22H,1-3,7-8,10H2,(H,23,26);1H4/t16-,17-;16-,17+;16-,17-;15-,16+;15-,16-;/m01010./s1. The van der Waals surface area contributed by atoms with E-state index in [1.807, 2.05) is 0 Å². The monoisotopic (exact) mass is 1880 g/mol. The average Bonchev–Trinajstić information content (AvgIpc) is 0.778. The molecule has 10 aliphatic rings. The number of halogens is 10. The number of aliphatic hydroxyl groups is 1. The van der Waals surface area contributed by atoms with E-state index in [0.29, 0.717) is 16.7 Å². The Balaban J connectivity index is 0.000000128. The molecule has 5 aliphatic heterocycles. The zero-order valence-electron chi connectivity index (χ0n) is 74.4. The zero-order chi connectivity index (χ0) is 94.6. The lowest BCUT2D eigenvalue weighted by molar-refractivity contribution is 0.273. The largest absolute Gasteiger partial charge is 0.392 e. The summed E-state index contributed by atoms with van der Waals surface area (Å²) < 4.78 is 150. The van der Waals surface area contributed by atoms with E-state index < -0.39 is 146 Å². The molecule has 0 spiro atoms. The maximum Gasteiger partial charge on any atom is 0.330 e. The highest BCUT2D eigenvalue weighted by molar-refractivity contribution is 5.55. The number of aromatic nitrogens is 10. The van der Waals surface area contributed by atoms with Gasteiger partial charge in [-0.1, -0.05) is 169 Å². The lowest BCUT2D eigenvalue weighted by atomic mass is 9.92. The van der Waals surface area contributed by atoms with Crippen molar-refractivity contribution in [3.8, 4) is 0 Å². The zero-order valence-corrected chi connectivity index (χ0v) is 74.4. The summed E-state index contributed by atoms with van der Waals surface area (Å²) in [5.74, 6) is -1.50. The van der Waals surface area contributed by atoms with Gasteiger partial charge >= 0.3 is 28.4 Å². The smallest absolute Gasteiger partial charge is 0.330 e. The molecule has 10 heterocycles. The number of alkyl halides is 5. The molecule has 11 N–H and O–H groups in total. The lowest BCUT2D eigenvalue weighted by Crippen LogP contribution is -2.44. The summed E-state index contributed by atoms with van der Waals surface area (Å²) in [5.41, 5.74) is 0.00519. The molecular formula is C99H115F10N15O11. The van der Waals surface area contributed by atoms with Crippen molar-refractivity contribution in [3.05, 3.63) is 309 Å². The number of fused-ring (bicyclic) bond motifs is 5. The Kier molecular flexibility index (Phi) is 30.5. The molecule has 0 unspecified atom stereocenters. The first-order valence-corrected chi connectivity index (χ1v) is 46.8. The van der Waals surface area contributed by atoms with E-state index in [4.69, 9.17) is 0 Å². The predicted molar refractivity (Wildman–Crippen MR) is 496 cm³/mol. The maximum absolute atomic E-state index is 15.0. The van der Waals surface area contributed by atoms with Gasteiger partial charge in [-0.3, -0.25) is 71.7 Å². The number of benzene rings is 5. The fraction of sp³-hybridized carbons (Fsp3) is 0.495. The summed E-state index contributed by atoms with van der Waals surface area (Å²) in [6.45, 7) is 3.31. The number of aromatic amines is 5. The van der Waals surface area contributed by atoms with Crippen molar-refractivity contribution >= 4 is 29.1 Å². The van der Waals surface area contributed by atoms with E-state index in [2.05, 4.69) is 51.5 Å². The van der Waals surface area contributed by atoms with Crippen molar-refractivity contribution in [2.45, 2.75) is 312 Å². The molecule has 5 aromatic heterocycles. The quantitative estimate of drug-likeness (QED) is 0.0536. The van der Waals surface area contributed by atoms with Gasteiger partial charge in [0.15, 0.2) is 0 Å². The van der Waals surface area contributed by atoms with Crippen molar-refractivity contribution < 1.29 is 49.0 Å². The van der Waals surface area contributed by atoms with Crippen LogP contribution in [0.2, 0.25) is 0 Å². The van der Waals surface area contributed by atoms with Gasteiger partial charge in [-0.2, -0.15) is 0 Å². The number of aliphatic hydroxyl groups excluding tert-OH is 1. The predicted octanol–water partition coefficient (Wildman–Crippen LogP) is 16.9. The third-order valence-corrected chi connectivity index (χ3v) is 28.1. The summed E-state index contributed by atoms with van der Waals surface area (Å²) >= 11 is 0. The van der Waals surface area contributed by atoms with Crippen LogP contribution in [0, 0.1) is 42.9 Å². The summed E-state index contributed by atoms with van der Waals surface area (Å²) in [7, 11) is 0. The Morgan fingerprint density at radius 3 is 0.770 bits per heavy atom. The third-order valence-electron chi connectivity index (χ3n) is 28.1. The highest BCUT2D eigenvalue weighted by Crippen LogP contribution is 2.42. The second-order valence-electron chi connectivity index (χ2n) is 37.1. The number of nitrogens with one attached hydrogen (secondary N) is 10. The molecule has 722 valence electrons. The number of rotatable bonds is 11. The Labute approximate surface area is 769 Å². The third kappa shape index (κ3) is 20.9. The Bertz CT molecular complexity index is 6320. The molecule has 0 radical (unpaired) electrons. The second-order valence-corrected chi connectivity index (χ2v) is 37.1. The van der Waals surface area contributed by atoms with Crippen molar-refractivity contribution in [3.63, 3.8) is 0 Å². The van der Waals surface area contributed by atoms with E-state index in [1.54, 1.807) is 50.2 Å². The van der Waals surface area contributed by atoms with E-state index >= 15 is 0 Å². The van der Waals surface area contributed by atoms with Crippen LogP contribution < -0.4 is 82.8 Å². The van der Waals surface area contributed by atoms with E-state index in [1.165, 1.54) is 89.6 Å². The first-order chi connectivity index (χ1) is 64.5. The topological polar surface area (TPSA) is 355 Å². The second kappa shape index (κ2) is 42.4. The van der Waals surface area contributed by atoms with Crippen LogP contribution in [-0.4, -0.2) is 83.7 Å². The molecular weight excluding hydrogens is 1770 g/mol. The summed E-state index contributed by atoms with van der Waals surface area (Å²) in [5, 5.41) is 23.6. The summed E-state index contributed by atoms with van der Waals surface area (Å²) in [4.78, 5) is 141. The lowest BCUT2D eigenvalue weighted by Gasteiger charge is -2.31. The van der Waals surface area contributed by atoms with Crippen LogP contribution in [0.15, 0.2) is 151 Å². The average molecular weight is 1880 g/mol. The first-order valence-electron chi connectivity index (χ1n) is 46.8. The van der Waals surface area contributed by atoms with Crippen molar-refractivity contribution in [1.29, 1.82) is 0 Å². The number of hydrogen-bond donors (Lipinski definition) is 11. The van der Waals surface area contributed by atoms with Gasteiger partial charge in [-0.15, -0.1) is 0 Å². The van der Waals surface area contributed by atoms with Crippen molar-refractivity contribution in [2.75, 3.05) is 26.6 Å². The molecule has 0 saturated heterocycles. The van der Waals surface area contributed by atoms with Gasteiger partial charge in [-0.05, 0) is 143 Å². The molecule has 135 heavy (non-hydrogen) atoms. The van der Waals surface area contributed by atoms with Crippen LogP contribution >= 0.6 is 0 Å². The minimum atomic E-state index is -1.55. The molecule has 0 bridgehead atoms. The molecule has 26 nitrogen and oxygen atoms in total. The fourth-order valence-electron chi connectivity index (χ4n) is 21.2. The number of hydrogen-bond acceptors (Lipinski definition) is 16. The summed E-state index contributed by atoms with van der Waals surface area (Å²) in [6.07, 6.45) is 15.1. The van der Waals surface area contributed by atoms with E-state index in [-0.39, 0.29) is 150 Å². The summed E-state index contributed by atoms with van der Waals surface area (Å²) in [6, 6.07) is 19.2. The van der Waals surface area contributed by atoms with Gasteiger partial charge in [0, 0.05) is 79.0 Å². The normalized spacial score (nSPS) is 22.8. The molecule has 5 fully saturated rings. The minimum Gasteiger partial charge on any atom is -0.392 e. The molecule has 0 amide bonds. The Hall–Kier alpha value is -12.2. The Morgan fingerprint density at radius 2 is 0.526 bits per heavy atom. The number of H-pyrrole nitrogens is 5. The Morgan fingerprint density at radius 1 is 0.296 bits per heavy atom. The van der Waals surface area contributed by atoms with Crippen LogP contribution in [0.1, 0.15) is 301 Å². The number of anilines is 5. The molecule has 5 aromatic carbocycles. The van der Waals surface area contributed by atoms with Gasteiger partial charge in [0.05, 0.1) is 64.6 Å². The molecule has 5 saturated carbocycles. The maximum atomic E-state index is 15.0. The van der Waals surface area contributed by atoms with Gasteiger partial charge < -0.3 is 31.7 Å². The van der Waals surface area contributed by atoms with Crippen LogP contribution in [0.25, 0.3) is 0 Å². The highest BCUT2D eigenvalue weighted by Gasteiger charge is 2.42. The minimum absolute atomic E-state index is 0. The van der Waals surface area contributed by atoms with E-state index in [9.17, 15) is 97.0 Å². The molecule has 20 rings (SSSR count). The number of nitrogens with zero attached hydrogens (tertiary/aromatic N) is 5. The molecule has 36 heteroatoms. The van der Waals surface area contributed by atoms with Gasteiger partial charge in [0.25, 0.3) is 27.8 Å². The fourth-order valence-corrected chi connectivity index (χ4v) is 21.2. The van der Waals surface area contributed by atoms with Crippen molar-refractivity contribution in [2.24, 2.45) is 0 Å². The van der Waals surface area contributed by atoms with Gasteiger partial charge in [0.1, 0.15) is 89.0 Å². The van der Waals surface area contributed by atoms with Crippen LogP contribution in [0.5, 0.6) is 0 Å². The number of aryl methyl sites for hydroxylation is 2. The van der Waals surface area contributed by atoms with E-state index in [0.717, 1.165) is 172 Å². The highest BCUT2D eigenvalue weighted by atomic mass is 19.2. The van der Waals surface area contributed by atoms with Crippen LogP contribution in [0.4, 0.5) is 73.0 Å². The van der Waals surface area contributed by atoms with Gasteiger partial charge in [-0.25, -0.2) is 67.9 Å². The van der Waals surface area contributed by atoms with Crippen molar-refractivity contribution in [1.82, 2.24) is 47.8 Å². The molecule has 10 aromatic rings. The SMILES string of the molecule is C.Cc1ccc(F)c([C@@H]2Nc3[nH]c(=O)n(C4CCCCC4)c(=O)c3C[C@@H]2F)c1.Cc1ccc(F)c([C@@H]2Nc3[nH]c(=O)n(C4CCCCC4)c(=O)c3C[C@H]2F)c1.O=c1[nH]c2c(c(=O)n1C1CCCCC1)C[C@@H](F)[C@H](c1cccc(F)c1)N2.O=c1[nH]c2c(c(=O)n1C1CCCCC1)C[C@H](F)[C@H](c1cc(CO)ccc1F)N2.O=c1[nH]c2c(c(=O)n1C1CCCCC1)C[C@H](F)[C@H](c1cccc(F)c1)N2. The van der Waals surface area contributed by atoms with Crippen LogP contribution in [-0.2, 0) is 38.7 Å². The first kappa shape index (κ1) is 97.3. The van der Waals surface area contributed by atoms with Gasteiger partial charge in [0.2, 0.25) is 0 Å². The molecule has 10 atom stereocenters. The van der Waals surface area contributed by atoms with Crippen LogP contribution in [0.3, 0.4) is 0 Å². The molecule has 5 aliphatic carbocycles.